The molecule has 0 unspecified atom stereocenters. The van der Waals surface area contributed by atoms with Gasteiger partial charge in [-0.15, -0.1) is 0 Å². The van der Waals surface area contributed by atoms with Crippen molar-refractivity contribution in [1.82, 2.24) is 19.9 Å². The van der Waals surface area contributed by atoms with Crippen molar-refractivity contribution in [1.29, 1.82) is 0 Å². The van der Waals surface area contributed by atoms with E-state index in [1.165, 1.54) is 6.20 Å². The third kappa shape index (κ3) is 2.85. The molecule has 27 heavy (non-hydrogen) atoms. The van der Waals surface area contributed by atoms with Gasteiger partial charge < -0.3 is 10.7 Å². The lowest BCUT2D eigenvalue weighted by molar-refractivity contribution is 0.0999. The van der Waals surface area contributed by atoms with Crippen molar-refractivity contribution in [2.24, 2.45) is 5.73 Å². The summed E-state index contributed by atoms with van der Waals surface area (Å²) in [5, 5.41) is 1.09. The summed E-state index contributed by atoms with van der Waals surface area (Å²) in [5.41, 5.74) is 12.4. The second-order valence-corrected chi connectivity index (χ2v) is 6.61. The first-order chi connectivity index (χ1) is 13.0. The number of aryl methyl sites for hydroxylation is 3. The van der Waals surface area contributed by atoms with E-state index in [0.29, 0.717) is 17.1 Å². The van der Waals surface area contributed by atoms with Gasteiger partial charge in [0.1, 0.15) is 0 Å². The Morgan fingerprint density at radius 2 is 1.93 bits per heavy atom. The van der Waals surface area contributed by atoms with Gasteiger partial charge in [-0.3, -0.25) is 9.78 Å². The number of fused-ring (bicyclic) bond motifs is 1. The Hall–Kier alpha value is -3.54. The Bertz CT molecular complexity index is 1190. The Morgan fingerprint density at radius 1 is 1.11 bits per heavy atom. The number of H-pyrrole nitrogens is 1. The molecule has 3 N–H and O–H groups in total. The van der Waals surface area contributed by atoms with Crippen molar-refractivity contribution < 1.29 is 4.79 Å². The van der Waals surface area contributed by atoms with E-state index in [-0.39, 0.29) is 0 Å². The van der Waals surface area contributed by atoms with E-state index in [9.17, 15) is 4.79 Å². The highest BCUT2D eigenvalue weighted by atomic mass is 16.1. The van der Waals surface area contributed by atoms with Gasteiger partial charge in [0.25, 0.3) is 5.91 Å². The number of rotatable bonds is 3. The Kier molecular flexibility index (Phi) is 3.96. The largest absolute Gasteiger partial charge is 0.365 e. The Balaban J connectivity index is 1.84. The number of benzene rings is 1. The summed E-state index contributed by atoms with van der Waals surface area (Å²) >= 11 is 0. The predicted molar refractivity (Wildman–Crippen MR) is 105 cm³/mol. The fourth-order valence-electron chi connectivity index (χ4n) is 3.30. The predicted octanol–water partition coefficient (Wildman–Crippen LogP) is 3.71. The molecule has 3 aromatic heterocycles. The smallest absolute Gasteiger partial charge is 0.252 e. The number of aromatic amines is 1. The van der Waals surface area contributed by atoms with Crippen LogP contribution in [0.4, 0.5) is 0 Å². The molecule has 4 rings (SSSR count). The van der Waals surface area contributed by atoms with Crippen LogP contribution in [0.1, 0.15) is 27.2 Å². The zero-order chi connectivity index (χ0) is 19.1. The topological polar surface area (TPSA) is 97.5 Å². The van der Waals surface area contributed by atoms with E-state index in [1.807, 2.05) is 18.2 Å². The molecule has 0 atom stereocenters. The highest BCUT2D eigenvalue weighted by Crippen LogP contribution is 2.32. The van der Waals surface area contributed by atoms with Crippen LogP contribution in [0.25, 0.3) is 33.7 Å². The molecular formula is C21H19N5O. The maximum atomic E-state index is 11.4. The van der Waals surface area contributed by atoms with Crippen LogP contribution in [0, 0.1) is 20.8 Å². The van der Waals surface area contributed by atoms with Crippen molar-refractivity contribution in [3.05, 3.63) is 65.1 Å². The maximum absolute atomic E-state index is 11.4. The molecule has 4 aromatic rings. The number of nitrogens with one attached hydrogen (secondary N) is 1. The van der Waals surface area contributed by atoms with Gasteiger partial charge in [0.2, 0.25) is 0 Å². The number of carbonyl (C=O) groups is 1. The van der Waals surface area contributed by atoms with Crippen LogP contribution in [0.3, 0.4) is 0 Å². The number of nitrogens with zero attached hydrogens (tertiary/aromatic N) is 3. The van der Waals surface area contributed by atoms with Crippen LogP contribution in [0.15, 0.2) is 42.7 Å². The number of pyridine rings is 1. The van der Waals surface area contributed by atoms with Gasteiger partial charge in [0, 0.05) is 28.9 Å². The zero-order valence-corrected chi connectivity index (χ0v) is 15.4. The summed E-state index contributed by atoms with van der Waals surface area (Å²) in [7, 11) is 0. The zero-order valence-electron chi connectivity index (χ0n) is 15.4. The quantitative estimate of drug-likeness (QED) is 0.584. The molecule has 0 bridgehead atoms. The monoisotopic (exact) mass is 357 g/mol. The normalized spacial score (nSPS) is 11.1. The molecule has 3 heterocycles. The first-order valence-electron chi connectivity index (χ1n) is 8.64. The molecule has 0 radical (unpaired) electrons. The second kappa shape index (κ2) is 6.32. The molecule has 6 heteroatoms. The molecule has 6 nitrogen and oxygen atoms in total. The minimum Gasteiger partial charge on any atom is -0.365 e. The summed E-state index contributed by atoms with van der Waals surface area (Å²) in [6, 6.07) is 10.0. The molecule has 0 aliphatic carbocycles. The number of carbonyl (C=O) groups excluding carboxylic acids is 1. The van der Waals surface area contributed by atoms with Gasteiger partial charge in [0.15, 0.2) is 5.82 Å². The van der Waals surface area contributed by atoms with Gasteiger partial charge in [-0.1, -0.05) is 6.07 Å². The van der Waals surface area contributed by atoms with Crippen LogP contribution >= 0.6 is 0 Å². The van der Waals surface area contributed by atoms with Crippen molar-refractivity contribution in [2.75, 3.05) is 0 Å². The maximum Gasteiger partial charge on any atom is 0.252 e. The van der Waals surface area contributed by atoms with E-state index in [2.05, 4.69) is 45.9 Å². The first-order valence-corrected chi connectivity index (χ1v) is 8.64. The first kappa shape index (κ1) is 16.9. The summed E-state index contributed by atoms with van der Waals surface area (Å²) in [5.74, 6) is 0.0434. The molecule has 0 aliphatic heterocycles. The lowest BCUT2D eigenvalue weighted by Gasteiger charge is -2.05. The van der Waals surface area contributed by atoms with Gasteiger partial charge in [-0.05, 0) is 56.2 Å². The van der Waals surface area contributed by atoms with Crippen molar-refractivity contribution in [2.45, 2.75) is 20.8 Å². The minimum absolute atomic E-state index is 0.338. The van der Waals surface area contributed by atoms with E-state index in [0.717, 1.165) is 39.0 Å². The molecular weight excluding hydrogens is 338 g/mol. The number of hydrogen-bond acceptors (Lipinski definition) is 4. The van der Waals surface area contributed by atoms with Crippen LogP contribution < -0.4 is 5.73 Å². The average Bonchev–Trinajstić information content (AvgIpc) is 2.98. The van der Waals surface area contributed by atoms with E-state index < -0.39 is 5.91 Å². The van der Waals surface area contributed by atoms with Crippen LogP contribution in [-0.2, 0) is 0 Å². The second-order valence-electron chi connectivity index (χ2n) is 6.61. The van der Waals surface area contributed by atoms with Gasteiger partial charge in [0.05, 0.1) is 22.6 Å². The summed E-state index contributed by atoms with van der Waals surface area (Å²) in [4.78, 5) is 28.1. The number of primary amides is 1. The molecule has 0 fully saturated rings. The van der Waals surface area contributed by atoms with Crippen molar-refractivity contribution >= 4 is 16.8 Å². The fourth-order valence-corrected chi connectivity index (χ4v) is 3.30. The van der Waals surface area contributed by atoms with E-state index >= 15 is 0 Å². The SMILES string of the molecule is Cc1cccnc1-c1[nH]c2ccc(-c3ncc(C(N)=O)c(C)n3)cc2c1C. The Morgan fingerprint density at radius 3 is 2.63 bits per heavy atom. The third-order valence-corrected chi connectivity index (χ3v) is 4.81. The number of aromatic nitrogens is 4. The minimum atomic E-state index is -0.522. The molecule has 0 saturated carbocycles. The lowest BCUT2D eigenvalue weighted by Crippen LogP contribution is -2.14. The average molecular weight is 357 g/mol. The Labute approximate surface area is 156 Å². The molecule has 134 valence electrons. The number of nitrogens with two attached hydrogens (primary N) is 1. The van der Waals surface area contributed by atoms with Gasteiger partial charge in [-0.2, -0.15) is 0 Å². The van der Waals surface area contributed by atoms with E-state index in [4.69, 9.17) is 5.73 Å². The molecule has 1 amide bonds. The third-order valence-electron chi connectivity index (χ3n) is 4.81. The molecule has 0 saturated heterocycles. The van der Waals surface area contributed by atoms with Crippen LogP contribution in [-0.4, -0.2) is 25.8 Å². The van der Waals surface area contributed by atoms with Crippen molar-refractivity contribution in [3.63, 3.8) is 0 Å². The highest BCUT2D eigenvalue weighted by molar-refractivity contribution is 5.94. The lowest BCUT2D eigenvalue weighted by atomic mass is 10.1. The fraction of sp³-hybridized carbons (Fsp3) is 0.143. The van der Waals surface area contributed by atoms with Crippen LogP contribution in [0.2, 0.25) is 0 Å². The molecule has 0 aliphatic rings. The molecule has 1 aromatic carbocycles. The molecule has 0 spiro atoms. The van der Waals surface area contributed by atoms with Gasteiger partial charge in [-0.25, -0.2) is 9.97 Å². The number of hydrogen-bond donors (Lipinski definition) is 2. The summed E-state index contributed by atoms with van der Waals surface area (Å²) < 4.78 is 0. The van der Waals surface area contributed by atoms with Crippen molar-refractivity contribution in [3.8, 4) is 22.8 Å². The summed E-state index contributed by atoms with van der Waals surface area (Å²) in [6.07, 6.45) is 3.28. The highest BCUT2D eigenvalue weighted by Gasteiger charge is 2.15. The summed E-state index contributed by atoms with van der Waals surface area (Å²) in [6.45, 7) is 5.89. The van der Waals surface area contributed by atoms with E-state index in [1.54, 1.807) is 13.1 Å². The van der Waals surface area contributed by atoms with Crippen LogP contribution in [0.5, 0.6) is 0 Å². The number of amides is 1. The standard InChI is InChI=1S/C21H19N5O/c1-11-5-4-8-23-18(11)19-12(2)15-9-14(6-7-17(15)26-19)21-24-10-16(20(22)27)13(3)25-21/h4-10,26H,1-3H3,(H2,22,27). The van der Waals surface area contributed by atoms with Gasteiger partial charge >= 0.3 is 0 Å².